The summed E-state index contributed by atoms with van der Waals surface area (Å²) in [4.78, 5) is 5.52. The molecule has 2 aliphatic rings. The van der Waals surface area contributed by atoms with E-state index in [9.17, 15) is 0 Å². The fourth-order valence-electron chi connectivity index (χ4n) is 5.22. The smallest absolute Gasteiger partial charge is 0.238 e. The van der Waals surface area contributed by atoms with Crippen LogP contribution in [0.4, 0.5) is 5.69 Å². The van der Waals surface area contributed by atoms with E-state index in [-0.39, 0.29) is 0 Å². The van der Waals surface area contributed by atoms with Crippen molar-refractivity contribution >= 4 is 17.0 Å². The molecule has 4 aromatic rings. The Kier molecular flexibility index (Phi) is 4.81. The van der Waals surface area contributed by atoms with Crippen molar-refractivity contribution in [2.75, 3.05) is 18.0 Å². The summed E-state index contributed by atoms with van der Waals surface area (Å²) in [7, 11) is 0. The number of hydrogen-bond acceptors (Lipinski definition) is 1. The van der Waals surface area contributed by atoms with Gasteiger partial charge in [-0.2, -0.15) is 0 Å². The van der Waals surface area contributed by atoms with Crippen LogP contribution < -0.4 is 4.90 Å². The highest BCUT2D eigenvalue weighted by molar-refractivity contribution is 7.15. The summed E-state index contributed by atoms with van der Waals surface area (Å²) in [5, 5.41) is 0. The topological polar surface area (TPSA) is 3.24 Å². The lowest BCUT2D eigenvalue weighted by Gasteiger charge is -2.39. The second kappa shape index (κ2) is 7.94. The summed E-state index contributed by atoms with van der Waals surface area (Å²) < 4.78 is 0. The van der Waals surface area contributed by atoms with E-state index in [0.29, 0.717) is 5.92 Å². The number of anilines is 1. The second-order valence-electron chi connectivity index (χ2n) is 8.72. The van der Waals surface area contributed by atoms with Gasteiger partial charge in [0, 0.05) is 36.5 Å². The number of benzene rings is 3. The summed E-state index contributed by atoms with van der Waals surface area (Å²) >= 11 is 1.97. The normalized spacial score (nSPS) is 17.3. The molecule has 1 atom stereocenters. The first-order chi connectivity index (χ1) is 15.3. The zero-order valence-corrected chi connectivity index (χ0v) is 18.4. The number of nitrogens with zero attached hydrogens (tertiary/aromatic N) is 1. The van der Waals surface area contributed by atoms with Crippen molar-refractivity contribution in [3.05, 3.63) is 107 Å². The average Bonchev–Trinajstić information content (AvgIpc) is 2.85. The van der Waals surface area contributed by atoms with Crippen molar-refractivity contribution in [1.82, 2.24) is 0 Å². The summed E-state index contributed by atoms with van der Waals surface area (Å²) in [6, 6.07) is 33.5. The van der Waals surface area contributed by atoms with E-state index in [1.54, 1.807) is 5.56 Å². The minimum atomic E-state index is 0.539. The summed E-state index contributed by atoms with van der Waals surface area (Å²) in [5.41, 5.74) is 8.55. The third-order valence-electron chi connectivity index (χ3n) is 6.68. The summed E-state index contributed by atoms with van der Waals surface area (Å²) in [6.07, 6.45) is 3.64. The van der Waals surface area contributed by atoms with E-state index in [0.717, 1.165) is 13.0 Å². The molecule has 0 radical (unpaired) electrons. The molecule has 6 rings (SSSR count). The minimum absolute atomic E-state index is 0.539. The Morgan fingerprint density at radius 3 is 2.26 bits per heavy atom. The lowest BCUT2D eigenvalue weighted by atomic mass is 9.86. The molecule has 2 heteroatoms. The first-order valence-electron chi connectivity index (χ1n) is 11.3. The van der Waals surface area contributed by atoms with Crippen molar-refractivity contribution < 1.29 is 0 Å². The zero-order valence-electron chi connectivity index (χ0n) is 17.6. The predicted octanol–water partition coefficient (Wildman–Crippen LogP) is 7.46. The van der Waals surface area contributed by atoms with Gasteiger partial charge in [-0.1, -0.05) is 66.7 Å². The quantitative estimate of drug-likeness (QED) is 0.311. The fourth-order valence-corrected chi connectivity index (χ4v) is 6.43. The molecule has 31 heavy (non-hydrogen) atoms. The molecule has 0 bridgehead atoms. The lowest BCUT2D eigenvalue weighted by molar-refractivity contribution is 0.582. The maximum atomic E-state index is 2.66. The van der Waals surface area contributed by atoms with Gasteiger partial charge in [0.2, 0.25) is 21.1 Å². The van der Waals surface area contributed by atoms with Crippen molar-refractivity contribution in [3.8, 4) is 21.6 Å². The van der Waals surface area contributed by atoms with Gasteiger partial charge in [0.25, 0.3) is 0 Å². The van der Waals surface area contributed by atoms with Crippen molar-refractivity contribution in [2.45, 2.75) is 25.2 Å². The molecule has 1 nitrogen and oxygen atoms in total. The van der Waals surface area contributed by atoms with Crippen LogP contribution in [0.5, 0.6) is 0 Å². The zero-order chi connectivity index (χ0) is 20.6. The van der Waals surface area contributed by atoms with E-state index in [1.165, 1.54) is 57.1 Å². The predicted molar refractivity (Wildman–Crippen MR) is 133 cm³/mol. The first kappa shape index (κ1) is 18.8. The third-order valence-corrected chi connectivity index (χ3v) is 7.94. The summed E-state index contributed by atoms with van der Waals surface area (Å²) in [6.45, 7) is 2.32. The molecule has 3 aromatic carbocycles. The monoisotopic (exact) mass is 420 g/mol. The van der Waals surface area contributed by atoms with Gasteiger partial charge in [0.05, 0.1) is 5.92 Å². The SMILES string of the molecule is c1ccc(-c2cc(-c3ccccc3)[s+]c(C3Cc4cccc5c4N(CCC5)C3)c2)cc1. The van der Waals surface area contributed by atoms with Crippen LogP contribution >= 0.6 is 11.3 Å². The van der Waals surface area contributed by atoms with Crippen LogP contribution in [0.25, 0.3) is 21.6 Å². The van der Waals surface area contributed by atoms with Gasteiger partial charge >= 0.3 is 0 Å². The molecular formula is C29H26NS+. The largest absolute Gasteiger partial charge is 0.370 e. The van der Waals surface area contributed by atoms with Crippen molar-refractivity contribution in [1.29, 1.82) is 0 Å². The maximum Gasteiger partial charge on any atom is 0.238 e. The maximum absolute atomic E-state index is 2.66. The molecule has 0 spiro atoms. The van der Waals surface area contributed by atoms with Gasteiger partial charge in [0.15, 0.2) is 0 Å². The Morgan fingerprint density at radius 1 is 0.710 bits per heavy atom. The fraction of sp³-hybridized carbons (Fsp3) is 0.207. The Balaban J connectivity index is 1.46. The number of hydrogen-bond donors (Lipinski definition) is 0. The lowest BCUT2D eigenvalue weighted by Crippen LogP contribution is -2.38. The third kappa shape index (κ3) is 3.55. The number of rotatable bonds is 3. The van der Waals surface area contributed by atoms with E-state index in [2.05, 4.69) is 95.9 Å². The average molecular weight is 421 g/mol. The molecule has 1 aromatic heterocycles. The second-order valence-corrected chi connectivity index (χ2v) is 9.84. The van der Waals surface area contributed by atoms with Crippen LogP contribution in [-0.2, 0) is 12.8 Å². The van der Waals surface area contributed by atoms with Gasteiger partial charge < -0.3 is 4.90 Å². The molecule has 0 saturated heterocycles. The Morgan fingerprint density at radius 2 is 1.45 bits per heavy atom. The van der Waals surface area contributed by atoms with Crippen LogP contribution in [0.1, 0.15) is 28.3 Å². The molecule has 0 N–H and O–H groups in total. The van der Waals surface area contributed by atoms with Crippen LogP contribution in [0, 0.1) is 0 Å². The Labute approximate surface area is 188 Å². The molecule has 152 valence electrons. The molecule has 0 saturated carbocycles. The number of para-hydroxylation sites is 1. The Hall–Kier alpha value is -2.97. The van der Waals surface area contributed by atoms with E-state index in [4.69, 9.17) is 0 Å². The van der Waals surface area contributed by atoms with E-state index in [1.807, 2.05) is 11.3 Å². The van der Waals surface area contributed by atoms with Gasteiger partial charge in [-0.25, -0.2) is 0 Å². The molecule has 3 heterocycles. The molecule has 2 aliphatic heterocycles. The highest BCUT2D eigenvalue weighted by Crippen LogP contribution is 2.43. The van der Waals surface area contributed by atoms with Gasteiger partial charge in [-0.3, -0.25) is 0 Å². The summed E-state index contributed by atoms with van der Waals surface area (Å²) in [5.74, 6) is 0.539. The molecule has 0 fully saturated rings. The molecule has 1 unspecified atom stereocenters. The van der Waals surface area contributed by atoms with Gasteiger partial charge in [-0.15, -0.1) is 0 Å². The number of aryl methyl sites for hydroxylation is 1. The molecule has 0 amide bonds. The van der Waals surface area contributed by atoms with Gasteiger partial charge in [-0.05, 0) is 53.6 Å². The van der Waals surface area contributed by atoms with Crippen LogP contribution in [0.15, 0.2) is 91.0 Å². The van der Waals surface area contributed by atoms with Crippen LogP contribution in [0.3, 0.4) is 0 Å². The molecular weight excluding hydrogens is 394 g/mol. The van der Waals surface area contributed by atoms with Crippen molar-refractivity contribution in [3.63, 3.8) is 0 Å². The van der Waals surface area contributed by atoms with Crippen LogP contribution in [0.2, 0.25) is 0 Å². The Bertz CT molecular complexity index is 1160. The van der Waals surface area contributed by atoms with E-state index >= 15 is 0 Å². The minimum Gasteiger partial charge on any atom is -0.370 e. The first-order valence-corrected chi connectivity index (χ1v) is 12.1. The van der Waals surface area contributed by atoms with Crippen molar-refractivity contribution in [2.24, 2.45) is 0 Å². The van der Waals surface area contributed by atoms with Gasteiger partial charge in [0.1, 0.15) is 0 Å². The standard InChI is InChI=1S/C29H26NS/c1-3-9-21(10-4-1)25-18-27(22-11-5-2-6-12-22)31-28(19-25)26-17-24-14-7-13-23-15-8-16-30(20-26)29(23)24/h1-7,9-14,18-19,26H,8,15-17,20H2/q+1. The highest BCUT2D eigenvalue weighted by atomic mass is 32.1. The van der Waals surface area contributed by atoms with Crippen LogP contribution in [-0.4, -0.2) is 13.1 Å². The molecule has 0 aliphatic carbocycles. The van der Waals surface area contributed by atoms with E-state index < -0.39 is 0 Å². The highest BCUT2D eigenvalue weighted by Gasteiger charge is 2.34.